The first-order valence-corrected chi connectivity index (χ1v) is 6.23. The van der Waals surface area contributed by atoms with Crippen molar-refractivity contribution in [3.63, 3.8) is 0 Å². The minimum Gasteiger partial charge on any atom is -0.494 e. The van der Waals surface area contributed by atoms with Gasteiger partial charge in [0.2, 0.25) is 0 Å². The summed E-state index contributed by atoms with van der Waals surface area (Å²) < 4.78 is 5.70. The van der Waals surface area contributed by atoms with Crippen LogP contribution in [0, 0.1) is 5.92 Å². The number of para-hydroxylation sites is 1. The van der Waals surface area contributed by atoms with Crippen LogP contribution in [0.3, 0.4) is 0 Å². The molecule has 0 heterocycles. The highest BCUT2D eigenvalue weighted by Gasteiger charge is 2.33. The van der Waals surface area contributed by atoms with Crippen molar-refractivity contribution < 1.29 is 4.74 Å². The molecule has 1 N–H and O–H groups in total. The molecular formula is C14H21NO. The molecule has 2 rings (SSSR count). The summed E-state index contributed by atoms with van der Waals surface area (Å²) >= 11 is 0. The topological polar surface area (TPSA) is 21.3 Å². The molecule has 2 atom stereocenters. The van der Waals surface area contributed by atoms with Crippen molar-refractivity contribution in [2.45, 2.75) is 25.7 Å². The molecule has 88 valence electrons. The van der Waals surface area contributed by atoms with E-state index in [1.165, 1.54) is 18.4 Å². The summed E-state index contributed by atoms with van der Waals surface area (Å²) in [6.07, 6.45) is 2.64. The number of hydrogen-bond donors (Lipinski definition) is 1. The standard InChI is InChI=1S/C14H21NO/c1-3-16-14-7-5-4-6-13(14)12-9-8-11(12)10-15-2/h4-7,11-12,15H,3,8-10H2,1-2H3. The van der Waals surface area contributed by atoms with Gasteiger partial charge in [0.15, 0.2) is 0 Å². The Morgan fingerprint density at radius 3 is 2.75 bits per heavy atom. The number of hydrogen-bond acceptors (Lipinski definition) is 2. The van der Waals surface area contributed by atoms with Crippen molar-refractivity contribution in [3.05, 3.63) is 29.8 Å². The molecule has 16 heavy (non-hydrogen) atoms. The molecule has 2 nitrogen and oxygen atoms in total. The summed E-state index contributed by atoms with van der Waals surface area (Å²) in [4.78, 5) is 0. The van der Waals surface area contributed by atoms with E-state index in [1.54, 1.807) is 0 Å². The molecular weight excluding hydrogens is 198 g/mol. The van der Waals surface area contributed by atoms with Crippen LogP contribution < -0.4 is 10.1 Å². The summed E-state index contributed by atoms with van der Waals surface area (Å²) in [7, 11) is 2.03. The van der Waals surface area contributed by atoms with Crippen molar-refractivity contribution in [1.82, 2.24) is 5.32 Å². The van der Waals surface area contributed by atoms with E-state index in [2.05, 4.69) is 29.6 Å². The second-order valence-electron chi connectivity index (χ2n) is 4.47. The van der Waals surface area contributed by atoms with Gasteiger partial charge in [-0.05, 0) is 56.8 Å². The van der Waals surface area contributed by atoms with Gasteiger partial charge in [-0.25, -0.2) is 0 Å². The van der Waals surface area contributed by atoms with Crippen molar-refractivity contribution in [2.75, 3.05) is 20.2 Å². The smallest absolute Gasteiger partial charge is 0.122 e. The van der Waals surface area contributed by atoms with Gasteiger partial charge in [-0.3, -0.25) is 0 Å². The molecule has 2 heteroatoms. The van der Waals surface area contributed by atoms with Crippen LogP contribution in [-0.4, -0.2) is 20.2 Å². The Labute approximate surface area is 98.0 Å². The highest BCUT2D eigenvalue weighted by Crippen LogP contribution is 2.45. The fourth-order valence-electron chi connectivity index (χ4n) is 2.56. The first-order chi connectivity index (χ1) is 7.86. The second kappa shape index (κ2) is 5.35. The maximum atomic E-state index is 5.70. The van der Waals surface area contributed by atoms with Crippen molar-refractivity contribution in [2.24, 2.45) is 5.92 Å². The van der Waals surface area contributed by atoms with Gasteiger partial charge in [0, 0.05) is 0 Å². The highest BCUT2D eigenvalue weighted by atomic mass is 16.5. The van der Waals surface area contributed by atoms with Gasteiger partial charge in [0.05, 0.1) is 6.61 Å². The van der Waals surface area contributed by atoms with Gasteiger partial charge in [-0.1, -0.05) is 18.2 Å². The zero-order valence-corrected chi connectivity index (χ0v) is 10.2. The molecule has 0 saturated heterocycles. The lowest BCUT2D eigenvalue weighted by atomic mass is 9.69. The summed E-state index contributed by atoms with van der Waals surface area (Å²) in [5, 5.41) is 3.28. The quantitative estimate of drug-likeness (QED) is 0.822. The Morgan fingerprint density at radius 1 is 1.31 bits per heavy atom. The van der Waals surface area contributed by atoms with Crippen LogP contribution in [0.1, 0.15) is 31.2 Å². The van der Waals surface area contributed by atoms with Crippen molar-refractivity contribution in [3.8, 4) is 5.75 Å². The predicted molar refractivity (Wildman–Crippen MR) is 67.0 cm³/mol. The van der Waals surface area contributed by atoms with Gasteiger partial charge in [0.25, 0.3) is 0 Å². The fourth-order valence-corrected chi connectivity index (χ4v) is 2.56. The lowest BCUT2D eigenvalue weighted by molar-refractivity contribution is 0.240. The highest BCUT2D eigenvalue weighted by molar-refractivity contribution is 5.38. The van der Waals surface area contributed by atoms with E-state index < -0.39 is 0 Å². The van der Waals surface area contributed by atoms with E-state index >= 15 is 0 Å². The average Bonchev–Trinajstić information content (AvgIpc) is 2.27. The van der Waals surface area contributed by atoms with E-state index in [1.807, 2.05) is 14.0 Å². The van der Waals surface area contributed by atoms with E-state index in [-0.39, 0.29) is 0 Å². The lowest BCUT2D eigenvalue weighted by Gasteiger charge is -2.37. The minimum absolute atomic E-state index is 0.690. The summed E-state index contributed by atoms with van der Waals surface area (Å²) in [5.74, 6) is 2.55. The third-order valence-corrected chi connectivity index (χ3v) is 3.50. The molecule has 1 aromatic rings. The van der Waals surface area contributed by atoms with E-state index in [0.29, 0.717) is 5.92 Å². The SMILES string of the molecule is CCOc1ccccc1C1CCC1CNC. The Morgan fingerprint density at radius 2 is 2.12 bits per heavy atom. The van der Waals surface area contributed by atoms with Crippen LogP contribution in [0.4, 0.5) is 0 Å². The maximum Gasteiger partial charge on any atom is 0.122 e. The monoisotopic (exact) mass is 219 g/mol. The van der Waals surface area contributed by atoms with Crippen LogP contribution in [0.25, 0.3) is 0 Å². The van der Waals surface area contributed by atoms with Crippen molar-refractivity contribution in [1.29, 1.82) is 0 Å². The number of ether oxygens (including phenoxy) is 1. The first-order valence-electron chi connectivity index (χ1n) is 6.23. The van der Waals surface area contributed by atoms with Gasteiger partial charge < -0.3 is 10.1 Å². The molecule has 0 spiro atoms. The zero-order chi connectivity index (χ0) is 11.4. The Balaban J connectivity index is 2.13. The normalized spacial score (nSPS) is 23.9. The van der Waals surface area contributed by atoms with E-state index in [9.17, 15) is 0 Å². The summed E-state index contributed by atoms with van der Waals surface area (Å²) in [6, 6.07) is 8.48. The van der Waals surface area contributed by atoms with Crippen molar-refractivity contribution >= 4 is 0 Å². The second-order valence-corrected chi connectivity index (χ2v) is 4.47. The van der Waals surface area contributed by atoms with E-state index in [4.69, 9.17) is 4.74 Å². The largest absolute Gasteiger partial charge is 0.494 e. The molecule has 0 aliphatic heterocycles. The Hall–Kier alpha value is -1.02. The van der Waals surface area contributed by atoms with Crippen LogP contribution in [0.2, 0.25) is 0 Å². The zero-order valence-electron chi connectivity index (χ0n) is 10.2. The molecule has 1 saturated carbocycles. The molecule has 1 fully saturated rings. The molecule has 1 aromatic carbocycles. The summed E-state index contributed by atoms with van der Waals surface area (Å²) in [5.41, 5.74) is 1.40. The molecule has 1 aliphatic carbocycles. The lowest BCUT2D eigenvalue weighted by Crippen LogP contribution is -2.32. The maximum absolute atomic E-state index is 5.70. The van der Waals surface area contributed by atoms with Crippen LogP contribution in [-0.2, 0) is 0 Å². The molecule has 1 aliphatic rings. The number of benzene rings is 1. The third-order valence-electron chi connectivity index (χ3n) is 3.50. The molecule has 0 amide bonds. The molecule has 2 unspecified atom stereocenters. The molecule has 0 radical (unpaired) electrons. The average molecular weight is 219 g/mol. The minimum atomic E-state index is 0.690. The molecule has 0 bridgehead atoms. The fraction of sp³-hybridized carbons (Fsp3) is 0.571. The number of rotatable bonds is 5. The van der Waals surface area contributed by atoms with Crippen LogP contribution >= 0.6 is 0 Å². The Kier molecular flexibility index (Phi) is 3.83. The van der Waals surface area contributed by atoms with Crippen LogP contribution in [0.5, 0.6) is 5.75 Å². The summed E-state index contributed by atoms with van der Waals surface area (Å²) in [6.45, 7) is 3.91. The Bertz CT molecular complexity index is 337. The van der Waals surface area contributed by atoms with Crippen LogP contribution in [0.15, 0.2) is 24.3 Å². The van der Waals surface area contributed by atoms with Gasteiger partial charge in [0.1, 0.15) is 5.75 Å². The first kappa shape index (κ1) is 11.5. The number of nitrogens with one attached hydrogen (secondary N) is 1. The molecule has 0 aromatic heterocycles. The van der Waals surface area contributed by atoms with Gasteiger partial charge in [-0.15, -0.1) is 0 Å². The van der Waals surface area contributed by atoms with Gasteiger partial charge in [-0.2, -0.15) is 0 Å². The predicted octanol–water partition coefficient (Wildman–Crippen LogP) is 2.80. The third kappa shape index (κ3) is 2.22. The van der Waals surface area contributed by atoms with Gasteiger partial charge >= 0.3 is 0 Å². The van der Waals surface area contributed by atoms with E-state index in [0.717, 1.165) is 24.8 Å².